The number of piperazine rings is 1. The molecule has 0 spiro atoms. The Morgan fingerprint density at radius 1 is 1.15 bits per heavy atom. The summed E-state index contributed by atoms with van der Waals surface area (Å²) in [6.07, 6.45) is 2.18. The Labute approximate surface area is 80.3 Å². The number of aliphatic hydroxyl groups excluding tert-OH is 1. The molecule has 0 amide bonds. The molecule has 3 nitrogen and oxygen atoms in total. The number of hydrogen-bond acceptors (Lipinski definition) is 3. The molecule has 2 atom stereocenters. The Hall–Kier alpha value is -0.120. The minimum atomic E-state index is -0.0341. The average Bonchev–Trinajstić information content (AvgIpc) is 2.17. The van der Waals surface area contributed by atoms with Crippen molar-refractivity contribution in [1.82, 2.24) is 9.80 Å². The summed E-state index contributed by atoms with van der Waals surface area (Å²) in [7, 11) is 0. The molecule has 1 heterocycles. The predicted octanol–water partition coefficient (Wildman–Crippen LogP) is 0.147. The van der Waals surface area contributed by atoms with Crippen LogP contribution in [-0.4, -0.2) is 59.8 Å². The van der Waals surface area contributed by atoms with Gasteiger partial charge in [0.1, 0.15) is 0 Å². The summed E-state index contributed by atoms with van der Waals surface area (Å²) in [4.78, 5) is 4.93. The summed E-state index contributed by atoms with van der Waals surface area (Å²) in [6.45, 7) is 8.04. The maximum absolute atomic E-state index is 9.53. The first-order valence-corrected chi connectivity index (χ1v) is 5.45. The van der Waals surface area contributed by atoms with E-state index in [1.807, 2.05) is 0 Å². The Kier molecular flexibility index (Phi) is 2.86. The van der Waals surface area contributed by atoms with E-state index in [1.165, 1.54) is 26.1 Å². The van der Waals surface area contributed by atoms with Gasteiger partial charge in [0.05, 0.1) is 6.10 Å². The van der Waals surface area contributed by atoms with E-state index in [1.54, 1.807) is 0 Å². The summed E-state index contributed by atoms with van der Waals surface area (Å²) in [5.41, 5.74) is 0. The topological polar surface area (TPSA) is 26.7 Å². The van der Waals surface area contributed by atoms with Crippen molar-refractivity contribution in [3.05, 3.63) is 0 Å². The summed E-state index contributed by atoms with van der Waals surface area (Å²) < 4.78 is 0. The summed E-state index contributed by atoms with van der Waals surface area (Å²) in [6, 6.07) is 0.485. The van der Waals surface area contributed by atoms with Crippen LogP contribution < -0.4 is 0 Å². The Morgan fingerprint density at radius 2 is 1.85 bits per heavy atom. The van der Waals surface area contributed by atoms with Crippen molar-refractivity contribution in [2.24, 2.45) is 0 Å². The zero-order valence-electron chi connectivity index (χ0n) is 8.45. The van der Waals surface area contributed by atoms with E-state index in [9.17, 15) is 5.11 Å². The molecule has 2 aliphatic rings. The lowest BCUT2D eigenvalue weighted by Gasteiger charge is -2.45. The molecule has 1 aliphatic carbocycles. The number of hydrogen-bond donors (Lipinski definition) is 1. The van der Waals surface area contributed by atoms with Crippen LogP contribution in [0.25, 0.3) is 0 Å². The highest BCUT2D eigenvalue weighted by Crippen LogP contribution is 2.26. The number of aliphatic hydroxyl groups is 1. The first kappa shape index (κ1) is 9.44. The third kappa shape index (κ3) is 1.87. The summed E-state index contributed by atoms with van der Waals surface area (Å²) >= 11 is 0. The van der Waals surface area contributed by atoms with Crippen molar-refractivity contribution in [2.75, 3.05) is 32.7 Å². The first-order chi connectivity index (χ1) is 6.31. The van der Waals surface area contributed by atoms with Gasteiger partial charge in [-0.25, -0.2) is 0 Å². The van der Waals surface area contributed by atoms with Crippen molar-refractivity contribution >= 4 is 0 Å². The molecule has 0 radical (unpaired) electrons. The molecule has 2 fully saturated rings. The number of nitrogens with zero attached hydrogens (tertiary/aromatic N) is 2. The number of rotatable bonds is 2. The normalized spacial score (nSPS) is 37.4. The van der Waals surface area contributed by atoms with E-state index in [4.69, 9.17) is 0 Å². The molecular weight excluding hydrogens is 164 g/mol. The Morgan fingerprint density at radius 3 is 2.23 bits per heavy atom. The molecule has 1 saturated carbocycles. The lowest BCUT2D eigenvalue weighted by molar-refractivity contribution is -0.0383. The quantitative estimate of drug-likeness (QED) is 0.661. The van der Waals surface area contributed by atoms with Gasteiger partial charge >= 0.3 is 0 Å². The van der Waals surface area contributed by atoms with Crippen molar-refractivity contribution in [3.8, 4) is 0 Å². The molecule has 2 rings (SSSR count). The molecule has 0 bridgehead atoms. The van der Waals surface area contributed by atoms with E-state index < -0.39 is 0 Å². The molecule has 1 saturated heterocycles. The van der Waals surface area contributed by atoms with E-state index in [0.29, 0.717) is 6.04 Å². The van der Waals surface area contributed by atoms with Crippen LogP contribution in [0.3, 0.4) is 0 Å². The highest BCUT2D eigenvalue weighted by Gasteiger charge is 2.35. The van der Waals surface area contributed by atoms with Crippen molar-refractivity contribution in [3.63, 3.8) is 0 Å². The van der Waals surface area contributed by atoms with E-state index in [0.717, 1.165) is 19.5 Å². The molecule has 76 valence electrons. The average molecular weight is 184 g/mol. The van der Waals surface area contributed by atoms with Crippen LogP contribution >= 0.6 is 0 Å². The van der Waals surface area contributed by atoms with Gasteiger partial charge in [0.2, 0.25) is 0 Å². The molecule has 2 unspecified atom stereocenters. The van der Waals surface area contributed by atoms with Crippen molar-refractivity contribution < 1.29 is 5.11 Å². The van der Waals surface area contributed by atoms with Crippen molar-refractivity contribution in [1.29, 1.82) is 0 Å². The van der Waals surface area contributed by atoms with Gasteiger partial charge in [-0.1, -0.05) is 6.92 Å². The molecular formula is C10H20N2O. The van der Waals surface area contributed by atoms with Crippen LogP contribution in [0.1, 0.15) is 19.8 Å². The standard InChI is InChI=1S/C10H20N2O/c1-2-11-5-7-12(8-6-11)9-3-4-10(9)13/h9-10,13H,2-8H2,1H3. The fourth-order valence-corrected chi connectivity index (χ4v) is 2.30. The maximum Gasteiger partial charge on any atom is 0.0696 e. The van der Waals surface area contributed by atoms with Gasteiger partial charge in [0.25, 0.3) is 0 Å². The largest absolute Gasteiger partial charge is 0.391 e. The summed E-state index contributed by atoms with van der Waals surface area (Å²) in [5, 5.41) is 9.53. The van der Waals surface area contributed by atoms with E-state index in [-0.39, 0.29) is 6.10 Å². The van der Waals surface area contributed by atoms with Crippen molar-refractivity contribution in [2.45, 2.75) is 31.9 Å². The minimum Gasteiger partial charge on any atom is -0.391 e. The van der Waals surface area contributed by atoms with E-state index >= 15 is 0 Å². The molecule has 13 heavy (non-hydrogen) atoms. The van der Waals surface area contributed by atoms with Gasteiger partial charge in [0.15, 0.2) is 0 Å². The third-order valence-electron chi connectivity index (χ3n) is 3.53. The van der Waals surface area contributed by atoms with Gasteiger partial charge in [-0.2, -0.15) is 0 Å². The predicted molar refractivity (Wildman–Crippen MR) is 52.7 cm³/mol. The molecule has 0 aromatic heterocycles. The van der Waals surface area contributed by atoms with Crippen LogP contribution in [0.4, 0.5) is 0 Å². The zero-order valence-corrected chi connectivity index (χ0v) is 8.45. The maximum atomic E-state index is 9.53. The van der Waals surface area contributed by atoms with Crippen LogP contribution in [0.15, 0.2) is 0 Å². The second kappa shape index (κ2) is 3.95. The molecule has 1 aliphatic heterocycles. The third-order valence-corrected chi connectivity index (χ3v) is 3.53. The van der Waals surface area contributed by atoms with Gasteiger partial charge in [-0.05, 0) is 19.4 Å². The van der Waals surface area contributed by atoms with Gasteiger partial charge in [0, 0.05) is 32.2 Å². The highest BCUT2D eigenvalue weighted by molar-refractivity contribution is 4.90. The zero-order chi connectivity index (χ0) is 9.26. The molecule has 1 N–H and O–H groups in total. The van der Waals surface area contributed by atoms with Gasteiger partial charge in [-0.15, -0.1) is 0 Å². The van der Waals surface area contributed by atoms with Gasteiger partial charge in [-0.3, -0.25) is 4.90 Å². The fourth-order valence-electron chi connectivity index (χ4n) is 2.30. The molecule has 3 heteroatoms. The van der Waals surface area contributed by atoms with Crippen LogP contribution in [0.2, 0.25) is 0 Å². The van der Waals surface area contributed by atoms with Crippen LogP contribution in [0.5, 0.6) is 0 Å². The lowest BCUT2D eigenvalue weighted by atomic mass is 9.87. The summed E-state index contributed by atoms with van der Waals surface area (Å²) in [5.74, 6) is 0. The van der Waals surface area contributed by atoms with Gasteiger partial charge < -0.3 is 10.0 Å². The monoisotopic (exact) mass is 184 g/mol. The SMILES string of the molecule is CCN1CCN(C2CCC2O)CC1. The van der Waals surface area contributed by atoms with Crippen LogP contribution in [0, 0.1) is 0 Å². The Balaban J connectivity index is 1.77. The highest BCUT2D eigenvalue weighted by atomic mass is 16.3. The fraction of sp³-hybridized carbons (Fsp3) is 1.00. The van der Waals surface area contributed by atoms with E-state index in [2.05, 4.69) is 16.7 Å². The second-order valence-corrected chi connectivity index (χ2v) is 4.18. The van der Waals surface area contributed by atoms with Crippen LogP contribution in [-0.2, 0) is 0 Å². The first-order valence-electron chi connectivity index (χ1n) is 5.45. The Bertz CT molecular complexity index is 166. The molecule has 0 aromatic carbocycles. The second-order valence-electron chi connectivity index (χ2n) is 4.18. The number of likely N-dealkylation sites (N-methyl/N-ethyl adjacent to an activating group) is 1. The minimum absolute atomic E-state index is 0.0341. The smallest absolute Gasteiger partial charge is 0.0696 e. The molecule has 0 aromatic rings. The lowest BCUT2D eigenvalue weighted by Crippen LogP contribution is -2.57.